The van der Waals surface area contributed by atoms with Crippen molar-refractivity contribution in [3.8, 4) is 5.69 Å². The van der Waals surface area contributed by atoms with E-state index in [0.29, 0.717) is 16.7 Å². The molecule has 0 aliphatic heterocycles. The van der Waals surface area contributed by atoms with Crippen molar-refractivity contribution < 1.29 is 0 Å². The number of aromatic nitrogens is 3. The van der Waals surface area contributed by atoms with Crippen LogP contribution < -0.4 is 5.73 Å². The highest BCUT2D eigenvalue weighted by atomic mass is 79.9. The summed E-state index contributed by atoms with van der Waals surface area (Å²) in [6.07, 6.45) is 0. The Morgan fingerprint density at radius 2 is 1.90 bits per heavy atom. The summed E-state index contributed by atoms with van der Waals surface area (Å²) in [5.74, 6) is 1.17. The van der Waals surface area contributed by atoms with Crippen LogP contribution in [0.15, 0.2) is 22.7 Å². The van der Waals surface area contributed by atoms with Gasteiger partial charge in [0.1, 0.15) is 11.6 Å². The largest absolute Gasteiger partial charge is 0.383 e. The van der Waals surface area contributed by atoms with Gasteiger partial charge >= 0.3 is 0 Å². The van der Waals surface area contributed by atoms with Gasteiger partial charge in [-0.15, -0.1) is 0 Å². The number of nitrogens with zero attached hydrogens (tertiary/aromatic N) is 3. The van der Waals surface area contributed by atoms with Gasteiger partial charge in [0.15, 0.2) is 5.65 Å². The highest BCUT2D eigenvalue weighted by molar-refractivity contribution is 9.10. The smallest absolute Gasteiger partial charge is 0.150 e. The predicted octanol–water partition coefficient (Wildman–Crippen LogP) is 4.34. The molecule has 0 saturated carbocycles. The monoisotopic (exact) mass is 364 g/mol. The van der Waals surface area contributed by atoms with E-state index in [2.05, 4.69) is 30.5 Å². The molecular formula is C15H14BrClN4. The number of benzene rings is 1. The highest BCUT2D eigenvalue weighted by Crippen LogP contribution is 2.32. The Morgan fingerprint density at radius 3 is 2.57 bits per heavy atom. The van der Waals surface area contributed by atoms with Gasteiger partial charge in [-0.3, -0.25) is 4.57 Å². The highest BCUT2D eigenvalue weighted by Gasteiger charge is 2.17. The molecule has 108 valence electrons. The van der Waals surface area contributed by atoms with Gasteiger partial charge in [0, 0.05) is 15.9 Å². The fraction of sp³-hybridized carbons (Fsp3) is 0.200. The lowest BCUT2D eigenvalue weighted by Gasteiger charge is -2.09. The third kappa shape index (κ3) is 2.21. The third-order valence-corrected chi connectivity index (χ3v) is 4.89. The average molecular weight is 366 g/mol. The second kappa shape index (κ2) is 5.00. The first-order valence-electron chi connectivity index (χ1n) is 6.47. The third-order valence-electron chi connectivity index (χ3n) is 3.66. The fourth-order valence-electron chi connectivity index (χ4n) is 2.55. The number of nitrogen functional groups attached to an aromatic ring is 1. The van der Waals surface area contributed by atoms with Crippen LogP contribution in [-0.4, -0.2) is 14.5 Å². The number of fused-ring (bicyclic) bond motifs is 1. The maximum absolute atomic E-state index is 6.22. The molecule has 6 heteroatoms. The summed E-state index contributed by atoms with van der Waals surface area (Å²) in [5, 5.41) is 1.56. The van der Waals surface area contributed by atoms with Crippen molar-refractivity contribution in [3.63, 3.8) is 0 Å². The molecule has 3 rings (SSSR count). The molecule has 0 aliphatic rings. The number of anilines is 1. The van der Waals surface area contributed by atoms with E-state index in [1.165, 1.54) is 0 Å². The van der Waals surface area contributed by atoms with E-state index in [0.717, 1.165) is 32.5 Å². The van der Waals surface area contributed by atoms with Gasteiger partial charge in [-0.1, -0.05) is 11.6 Å². The van der Waals surface area contributed by atoms with Crippen molar-refractivity contribution in [1.29, 1.82) is 0 Å². The molecule has 0 radical (unpaired) electrons. The molecule has 3 aromatic rings. The van der Waals surface area contributed by atoms with Crippen LogP contribution in [0.4, 0.5) is 5.82 Å². The Labute approximate surface area is 136 Å². The maximum Gasteiger partial charge on any atom is 0.150 e. The molecule has 0 atom stereocenters. The Bertz CT molecular complexity index is 870. The van der Waals surface area contributed by atoms with Gasteiger partial charge in [-0.25, -0.2) is 9.97 Å². The maximum atomic E-state index is 6.22. The standard InChI is InChI=1S/C15H14BrClN4/c1-7-8(2)21(10-4-5-11(16)12(17)6-10)15-13(7)14(18)19-9(3)20-15/h4-6H,1-3H3,(H2,18,19,20). The summed E-state index contributed by atoms with van der Waals surface area (Å²) >= 11 is 9.63. The first-order valence-corrected chi connectivity index (χ1v) is 7.64. The van der Waals surface area contributed by atoms with E-state index in [1.54, 1.807) is 0 Å². The zero-order valence-electron chi connectivity index (χ0n) is 11.9. The minimum absolute atomic E-state index is 0.514. The quantitative estimate of drug-likeness (QED) is 0.697. The summed E-state index contributed by atoms with van der Waals surface area (Å²) < 4.78 is 2.93. The molecule has 0 aliphatic carbocycles. The number of rotatable bonds is 1. The van der Waals surface area contributed by atoms with Crippen LogP contribution in [0.2, 0.25) is 5.02 Å². The lowest BCUT2D eigenvalue weighted by Crippen LogP contribution is -2.01. The normalized spacial score (nSPS) is 11.3. The van der Waals surface area contributed by atoms with Crippen LogP contribution >= 0.6 is 27.5 Å². The van der Waals surface area contributed by atoms with Gasteiger partial charge in [-0.2, -0.15) is 0 Å². The van der Waals surface area contributed by atoms with Crippen LogP contribution in [0.3, 0.4) is 0 Å². The van der Waals surface area contributed by atoms with Crippen molar-refractivity contribution in [1.82, 2.24) is 14.5 Å². The molecule has 0 fully saturated rings. The molecule has 21 heavy (non-hydrogen) atoms. The molecule has 2 heterocycles. The molecule has 0 unspecified atom stereocenters. The van der Waals surface area contributed by atoms with Crippen molar-refractivity contribution >= 4 is 44.4 Å². The molecule has 0 amide bonds. The van der Waals surface area contributed by atoms with Crippen molar-refractivity contribution in [2.45, 2.75) is 20.8 Å². The van der Waals surface area contributed by atoms with Crippen molar-refractivity contribution in [2.75, 3.05) is 5.73 Å². The SMILES string of the molecule is Cc1nc(N)c2c(C)c(C)n(-c3ccc(Br)c(Cl)c3)c2n1. The summed E-state index contributed by atoms with van der Waals surface area (Å²) in [5.41, 5.74) is 10.0. The fourth-order valence-corrected chi connectivity index (χ4v) is 2.97. The summed E-state index contributed by atoms with van der Waals surface area (Å²) in [7, 11) is 0. The van der Waals surface area contributed by atoms with Crippen LogP contribution in [-0.2, 0) is 0 Å². The zero-order valence-corrected chi connectivity index (χ0v) is 14.2. The lowest BCUT2D eigenvalue weighted by molar-refractivity contribution is 0.995. The van der Waals surface area contributed by atoms with Gasteiger partial charge in [0.05, 0.1) is 10.4 Å². The van der Waals surface area contributed by atoms with Crippen LogP contribution in [0.25, 0.3) is 16.7 Å². The van der Waals surface area contributed by atoms with E-state index in [1.807, 2.05) is 39.0 Å². The topological polar surface area (TPSA) is 56.7 Å². The van der Waals surface area contributed by atoms with Crippen LogP contribution in [0.1, 0.15) is 17.1 Å². The number of hydrogen-bond donors (Lipinski definition) is 1. The summed E-state index contributed by atoms with van der Waals surface area (Å²) in [4.78, 5) is 8.83. The van der Waals surface area contributed by atoms with E-state index in [9.17, 15) is 0 Å². The second-order valence-corrected chi connectivity index (χ2v) is 6.26. The Morgan fingerprint density at radius 1 is 1.19 bits per heavy atom. The molecule has 0 saturated heterocycles. The van der Waals surface area contributed by atoms with Gasteiger partial charge < -0.3 is 5.73 Å². The number of hydrogen-bond acceptors (Lipinski definition) is 3. The molecule has 2 N–H and O–H groups in total. The first-order chi connectivity index (χ1) is 9.90. The minimum Gasteiger partial charge on any atom is -0.383 e. The molecule has 4 nitrogen and oxygen atoms in total. The van der Waals surface area contributed by atoms with E-state index < -0.39 is 0 Å². The predicted molar refractivity (Wildman–Crippen MR) is 90.2 cm³/mol. The van der Waals surface area contributed by atoms with E-state index >= 15 is 0 Å². The first kappa shape index (κ1) is 14.4. The summed E-state index contributed by atoms with van der Waals surface area (Å²) in [6, 6.07) is 5.83. The van der Waals surface area contributed by atoms with E-state index in [4.69, 9.17) is 17.3 Å². The van der Waals surface area contributed by atoms with Crippen LogP contribution in [0, 0.1) is 20.8 Å². The van der Waals surface area contributed by atoms with Gasteiger partial charge in [0.25, 0.3) is 0 Å². The number of halogens is 2. The zero-order chi connectivity index (χ0) is 15.3. The Balaban J connectivity index is 2.42. The summed E-state index contributed by atoms with van der Waals surface area (Å²) in [6.45, 7) is 5.91. The van der Waals surface area contributed by atoms with Crippen molar-refractivity contribution in [2.24, 2.45) is 0 Å². The molecule has 1 aromatic carbocycles. The van der Waals surface area contributed by atoms with Crippen LogP contribution in [0.5, 0.6) is 0 Å². The molecule has 0 spiro atoms. The number of nitrogens with two attached hydrogens (primary N) is 1. The molecular weight excluding hydrogens is 352 g/mol. The molecule has 0 bridgehead atoms. The minimum atomic E-state index is 0.514. The second-order valence-electron chi connectivity index (χ2n) is 5.00. The lowest BCUT2D eigenvalue weighted by atomic mass is 10.2. The average Bonchev–Trinajstić information content (AvgIpc) is 2.65. The Kier molecular flexibility index (Phi) is 3.42. The number of aryl methyl sites for hydroxylation is 2. The molecule has 2 aromatic heterocycles. The van der Waals surface area contributed by atoms with Crippen molar-refractivity contribution in [3.05, 3.63) is 44.8 Å². The van der Waals surface area contributed by atoms with Gasteiger partial charge in [-0.05, 0) is 60.5 Å². The van der Waals surface area contributed by atoms with E-state index in [-0.39, 0.29) is 0 Å². The van der Waals surface area contributed by atoms with Gasteiger partial charge in [0.2, 0.25) is 0 Å². The Hall–Kier alpha value is -1.59.